The van der Waals surface area contributed by atoms with Crippen LogP contribution in [0.1, 0.15) is 27.2 Å². The van der Waals surface area contributed by atoms with E-state index in [1.807, 2.05) is 13.8 Å². The van der Waals surface area contributed by atoms with Gasteiger partial charge in [-0.05, 0) is 27.2 Å². The minimum absolute atomic E-state index is 0.0229. The molecule has 0 aromatic heterocycles. The molecule has 2 aliphatic rings. The van der Waals surface area contributed by atoms with Crippen LogP contribution < -0.4 is 0 Å². The lowest BCUT2D eigenvalue weighted by atomic mass is 9.79. The van der Waals surface area contributed by atoms with Crippen LogP contribution in [0.3, 0.4) is 0 Å². The van der Waals surface area contributed by atoms with Crippen LogP contribution in [-0.4, -0.2) is 40.4 Å². The fourth-order valence-electron chi connectivity index (χ4n) is 2.57. The maximum Gasteiger partial charge on any atom is 0.232 e. The van der Waals surface area contributed by atoms with Crippen LogP contribution in [0.15, 0.2) is 0 Å². The Bertz CT molecular complexity index is 262. The van der Waals surface area contributed by atoms with Gasteiger partial charge < -0.3 is 14.7 Å². The Balaban J connectivity index is 2.17. The number of amides is 1. The largest absolute Gasteiger partial charge is 0.393 e. The summed E-state index contributed by atoms with van der Waals surface area (Å²) < 4.78 is 5.52. The van der Waals surface area contributed by atoms with Crippen molar-refractivity contribution in [1.82, 2.24) is 4.90 Å². The average Bonchev–Trinajstić information content (AvgIpc) is 1.99. The van der Waals surface area contributed by atoms with Gasteiger partial charge >= 0.3 is 0 Å². The summed E-state index contributed by atoms with van der Waals surface area (Å²) in [4.78, 5) is 13.5. The second kappa shape index (κ2) is 2.94. The lowest BCUT2D eigenvalue weighted by molar-refractivity contribution is -0.240. The van der Waals surface area contributed by atoms with Crippen molar-refractivity contribution in [3.8, 4) is 0 Å². The number of carbonyl (C=O) groups excluding carboxylic acids is 1. The number of carbonyl (C=O) groups is 1. The maximum atomic E-state index is 11.7. The molecule has 4 nitrogen and oxygen atoms in total. The van der Waals surface area contributed by atoms with Crippen molar-refractivity contribution in [2.45, 2.75) is 45.1 Å². The van der Waals surface area contributed by atoms with Gasteiger partial charge in [-0.2, -0.15) is 0 Å². The minimum Gasteiger partial charge on any atom is -0.393 e. The van der Waals surface area contributed by atoms with E-state index in [2.05, 4.69) is 0 Å². The summed E-state index contributed by atoms with van der Waals surface area (Å²) in [6.45, 7) is 6.15. The minimum atomic E-state index is -0.544. The number of fused-ring (bicyclic) bond motifs is 1. The van der Waals surface area contributed by atoms with Gasteiger partial charge in [-0.1, -0.05) is 0 Å². The zero-order valence-electron chi connectivity index (χ0n) is 8.86. The van der Waals surface area contributed by atoms with E-state index in [9.17, 15) is 9.90 Å². The van der Waals surface area contributed by atoms with Crippen LogP contribution >= 0.6 is 0 Å². The van der Waals surface area contributed by atoms with Crippen LogP contribution in [0, 0.1) is 5.92 Å². The van der Waals surface area contributed by atoms with Gasteiger partial charge in [-0.15, -0.1) is 0 Å². The molecule has 0 aromatic carbocycles. The van der Waals surface area contributed by atoms with Crippen molar-refractivity contribution in [2.75, 3.05) is 6.61 Å². The van der Waals surface area contributed by atoms with E-state index >= 15 is 0 Å². The van der Waals surface area contributed by atoms with Crippen molar-refractivity contribution in [1.29, 1.82) is 0 Å². The summed E-state index contributed by atoms with van der Waals surface area (Å²) in [5.41, 5.74) is -0.495. The molecule has 0 aromatic rings. The van der Waals surface area contributed by atoms with E-state index in [1.54, 1.807) is 11.8 Å². The fraction of sp³-hybridized carbons (Fsp3) is 0.900. The van der Waals surface area contributed by atoms with Crippen molar-refractivity contribution in [3.05, 3.63) is 0 Å². The Hall–Kier alpha value is -0.610. The van der Waals surface area contributed by atoms with Crippen LogP contribution in [-0.2, 0) is 9.53 Å². The first-order valence-electron chi connectivity index (χ1n) is 5.10. The molecule has 0 aliphatic carbocycles. The summed E-state index contributed by atoms with van der Waals surface area (Å²) >= 11 is 0. The standard InChI is InChI=1S/C10H17NO3/c1-6(12)8-7-4-5-14-10(2,3)11(7)9(8)13/h6-8,12H,4-5H2,1-3H3/t6-,7+,8-/m0/s1. The van der Waals surface area contributed by atoms with Gasteiger partial charge in [0.15, 0.2) is 0 Å². The highest BCUT2D eigenvalue weighted by molar-refractivity contribution is 5.87. The smallest absolute Gasteiger partial charge is 0.232 e. The second-order valence-electron chi connectivity index (χ2n) is 4.63. The first kappa shape index (κ1) is 9.93. The van der Waals surface area contributed by atoms with Crippen LogP contribution in [0.2, 0.25) is 0 Å². The van der Waals surface area contributed by atoms with Gasteiger partial charge in [0, 0.05) is 0 Å². The normalized spacial score (nSPS) is 37.4. The molecule has 14 heavy (non-hydrogen) atoms. The SMILES string of the molecule is C[C@H](O)[C@@H]1C(=O)N2[C@@H]1CCOC2(C)C. The number of aliphatic hydroxyl groups is 1. The third kappa shape index (κ3) is 1.17. The van der Waals surface area contributed by atoms with Crippen molar-refractivity contribution in [2.24, 2.45) is 5.92 Å². The molecule has 1 amide bonds. The highest BCUT2D eigenvalue weighted by Crippen LogP contribution is 2.41. The fourth-order valence-corrected chi connectivity index (χ4v) is 2.57. The first-order chi connectivity index (χ1) is 6.45. The Morgan fingerprint density at radius 1 is 1.64 bits per heavy atom. The molecule has 2 fully saturated rings. The molecule has 0 spiro atoms. The van der Waals surface area contributed by atoms with Crippen LogP contribution in [0.4, 0.5) is 0 Å². The summed E-state index contributed by atoms with van der Waals surface area (Å²) in [5.74, 6) is -0.187. The summed E-state index contributed by atoms with van der Waals surface area (Å²) in [6.07, 6.45) is 0.294. The molecule has 0 saturated carbocycles. The van der Waals surface area contributed by atoms with Gasteiger partial charge in [-0.3, -0.25) is 4.79 Å². The monoisotopic (exact) mass is 199 g/mol. The third-order valence-electron chi connectivity index (χ3n) is 3.24. The molecule has 2 aliphatic heterocycles. The number of nitrogens with zero attached hydrogens (tertiary/aromatic N) is 1. The second-order valence-corrected chi connectivity index (χ2v) is 4.63. The molecule has 2 heterocycles. The van der Waals surface area contributed by atoms with E-state index in [0.717, 1.165) is 6.42 Å². The topological polar surface area (TPSA) is 49.8 Å². The van der Waals surface area contributed by atoms with Gasteiger partial charge in [0.25, 0.3) is 0 Å². The van der Waals surface area contributed by atoms with Crippen molar-refractivity contribution < 1.29 is 14.6 Å². The highest BCUT2D eigenvalue weighted by atomic mass is 16.5. The van der Waals surface area contributed by atoms with E-state index in [0.29, 0.717) is 6.61 Å². The molecular weight excluding hydrogens is 182 g/mol. The molecule has 0 radical (unpaired) electrons. The maximum absolute atomic E-state index is 11.7. The van der Waals surface area contributed by atoms with Gasteiger partial charge in [0.1, 0.15) is 5.72 Å². The molecule has 4 heteroatoms. The number of ether oxygens (including phenoxy) is 1. The van der Waals surface area contributed by atoms with E-state index in [-0.39, 0.29) is 17.9 Å². The zero-order valence-corrected chi connectivity index (χ0v) is 8.86. The highest BCUT2D eigenvalue weighted by Gasteiger charge is 2.56. The zero-order chi connectivity index (χ0) is 10.5. The van der Waals surface area contributed by atoms with Gasteiger partial charge in [0.05, 0.1) is 24.7 Å². The Morgan fingerprint density at radius 3 is 2.86 bits per heavy atom. The molecule has 3 atom stereocenters. The summed E-state index contributed by atoms with van der Waals surface area (Å²) in [7, 11) is 0. The van der Waals surface area contributed by atoms with E-state index in [4.69, 9.17) is 4.74 Å². The molecule has 2 rings (SSSR count). The van der Waals surface area contributed by atoms with Crippen molar-refractivity contribution >= 4 is 5.91 Å². The van der Waals surface area contributed by atoms with Crippen LogP contribution in [0.5, 0.6) is 0 Å². The predicted octanol–water partition coefficient (Wildman–Crippen LogP) is 0.351. The van der Waals surface area contributed by atoms with Gasteiger partial charge in [-0.25, -0.2) is 0 Å². The Morgan fingerprint density at radius 2 is 2.29 bits per heavy atom. The number of hydrogen-bond acceptors (Lipinski definition) is 3. The third-order valence-corrected chi connectivity index (χ3v) is 3.24. The summed E-state index contributed by atoms with van der Waals surface area (Å²) in [5, 5.41) is 9.46. The Kier molecular flexibility index (Phi) is 2.08. The Labute approximate surface area is 83.8 Å². The van der Waals surface area contributed by atoms with E-state index in [1.165, 1.54) is 0 Å². The molecule has 1 N–H and O–H groups in total. The number of hydrogen-bond donors (Lipinski definition) is 1. The lowest BCUT2D eigenvalue weighted by Gasteiger charge is -2.58. The molecule has 0 unspecified atom stereocenters. The van der Waals surface area contributed by atoms with Crippen molar-refractivity contribution in [3.63, 3.8) is 0 Å². The molecule has 0 bridgehead atoms. The van der Waals surface area contributed by atoms with E-state index < -0.39 is 11.8 Å². The van der Waals surface area contributed by atoms with Gasteiger partial charge in [0.2, 0.25) is 5.91 Å². The number of aliphatic hydroxyl groups excluding tert-OH is 1. The van der Waals surface area contributed by atoms with Crippen LogP contribution in [0.25, 0.3) is 0 Å². The molecular formula is C10H17NO3. The number of rotatable bonds is 1. The number of β-lactam (4-membered cyclic amide) rings is 1. The summed E-state index contributed by atoms with van der Waals surface area (Å²) in [6, 6.07) is 0.172. The molecule has 80 valence electrons. The predicted molar refractivity (Wildman–Crippen MR) is 50.5 cm³/mol. The average molecular weight is 199 g/mol. The first-order valence-corrected chi connectivity index (χ1v) is 5.10. The molecule has 2 saturated heterocycles. The lowest BCUT2D eigenvalue weighted by Crippen LogP contribution is -2.73. The quantitative estimate of drug-likeness (QED) is 0.620.